The van der Waals surface area contributed by atoms with Crippen molar-refractivity contribution in [2.24, 2.45) is 5.92 Å². The maximum atomic E-state index is 12.4. The molecule has 0 bridgehead atoms. The standard InChI is InChI=1S/C16H22N2O2S/c1-5-9(2)10(3)18-16(19)15-14(17)13-11(20-4)7-6-8-12(13)21-15/h6-10H,5,17H2,1-4H3,(H,18,19). The minimum Gasteiger partial charge on any atom is -0.496 e. The molecule has 1 aromatic carbocycles. The summed E-state index contributed by atoms with van der Waals surface area (Å²) in [6, 6.07) is 5.83. The van der Waals surface area contributed by atoms with Gasteiger partial charge in [-0.25, -0.2) is 0 Å². The normalized spacial score (nSPS) is 13.9. The summed E-state index contributed by atoms with van der Waals surface area (Å²) in [5, 5.41) is 3.86. The van der Waals surface area contributed by atoms with Crippen LogP contribution in [0.25, 0.3) is 10.1 Å². The van der Waals surface area contributed by atoms with Gasteiger partial charge in [-0.15, -0.1) is 11.3 Å². The van der Waals surface area contributed by atoms with Crippen LogP contribution in [0.5, 0.6) is 5.75 Å². The summed E-state index contributed by atoms with van der Waals surface area (Å²) in [5.74, 6) is 1.03. The summed E-state index contributed by atoms with van der Waals surface area (Å²) in [6.07, 6.45) is 1.02. The summed E-state index contributed by atoms with van der Waals surface area (Å²) >= 11 is 1.41. The van der Waals surface area contributed by atoms with Crippen LogP contribution < -0.4 is 15.8 Å². The van der Waals surface area contributed by atoms with Crippen LogP contribution in [0.3, 0.4) is 0 Å². The predicted octanol–water partition coefficient (Wildman–Crippen LogP) is 3.66. The number of benzene rings is 1. The fourth-order valence-corrected chi connectivity index (χ4v) is 3.29. The number of anilines is 1. The number of rotatable bonds is 5. The first-order valence-corrected chi connectivity index (χ1v) is 7.97. The zero-order valence-corrected chi connectivity index (χ0v) is 13.7. The fraction of sp³-hybridized carbons (Fsp3) is 0.438. The number of ether oxygens (including phenoxy) is 1. The Morgan fingerprint density at radius 1 is 1.43 bits per heavy atom. The fourth-order valence-electron chi connectivity index (χ4n) is 2.25. The minimum absolute atomic E-state index is 0.108. The molecular formula is C16H22N2O2S. The number of hydrogen-bond acceptors (Lipinski definition) is 4. The van der Waals surface area contributed by atoms with Crippen molar-refractivity contribution in [1.29, 1.82) is 0 Å². The van der Waals surface area contributed by atoms with Crippen LogP contribution in [0.1, 0.15) is 36.9 Å². The first-order chi connectivity index (χ1) is 9.99. The molecule has 1 aromatic heterocycles. The SMILES string of the molecule is CCC(C)C(C)NC(=O)c1sc2cccc(OC)c2c1N. The Kier molecular flexibility index (Phi) is 4.73. The number of fused-ring (bicyclic) bond motifs is 1. The van der Waals surface area contributed by atoms with Crippen LogP contribution >= 0.6 is 11.3 Å². The zero-order valence-electron chi connectivity index (χ0n) is 12.9. The number of nitrogens with one attached hydrogen (secondary N) is 1. The van der Waals surface area contributed by atoms with Gasteiger partial charge in [0.2, 0.25) is 0 Å². The van der Waals surface area contributed by atoms with Gasteiger partial charge in [0.25, 0.3) is 5.91 Å². The molecule has 0 spiro atoms. The maximum Gasteiger partial charge on any atom is 0.263 e. The number of carbonyl (C=O) groups excluding carboxylic acids is 1. The van der Waals surface area contributed by atoms with Crippen LogP contribution in [0.15, 0.2) is 18.2 Å². The first kappa shape index (κ1) is 15.6. The second kappa shape index (κ2) is 6.35. The van der Waals surface area contributed by atoms with E-state index < -0.39 is 0 Å². The Balaban J connectivity index is 2.34. The largest absolute Gasteiger partial charge is 0.496 e. The van der Waals surface area contributed by atoms with E-state index in [4.69, 9.17) is 10.5 Å². The summed E-state index contributed by atoms with van der Waals surface area (Å²) in [4.78, 5) is 13.0. The molecule has 0 aliphatic carbocycles. The van der Waals surface area contributed by atoms with Crippen molar-refractivity contribution in [3.05, 3.63) is 23.1 Å². The average molecular weight is 306 g/mol. The minimum atomic E-state index is -0.108. The first-order valence-electron chi connectivity index (χ1n) is 7.15. The molecule has 0 saturated heterocycles. The van der Waals surface area contributed by atoms with Gasteiger partial charge in [-0.1, -0.05) is 26.3 Å². The molecule has 1 heterocycles. The van der Waals surface area contributed by atoms with Crippen molar-refractivity contribution in [1.82, 2.24) is 5.32 Å². The number of thiophene rings is 1. The third kappa shape index (κ3) is 2.97. The van der Waals surface area contributed by atoms with Crippen molar-refractivity contribution >= 4 is 33.0 Å². The molecule has 2 atom stereocenters. The van der Waals surface area contributed by atoms with Gasteiger partial charge in [0.1, 0.15) is 10.6 Å². The summed E-state index contributed by atoms with van der Waals surface area (Å²) < 4.78 is 6.30. The Hall–Kier alpha value is -1.75. The second-order valence-electron chi connectivity index (χ2n) is 5.33. The highest BCUT2D eigenvalue weighted by molar-refractivity contribution is 7.21. The van der Waals surface area contributed by atoms with Crippen LogP contribution in [0, 0.1) is 5.92 Å². The van der Waals surface area contributed by atoms with Gasteiger partial charge < -0.3 is 15.8 Å². The molecule has 0 fully saturated rings. The van der Waals surface area contributed by atoms with Crippen molar-refractivity contribution < 1.29 is 9.53 Å². The third-order valence-corrected chi connectivity index (χ3v) is 5.17. The molecule has 2 aromatic rings. The van der Waals surface area contributed by atoms with E-state index in [1.54, 1.807) is 7.11 Å². The highest BCUT2D eigenvalue weighted by Crippen LogP contribution is 2.39. The molecule has 2 unspecified atom stereocenters. The molecule has 4 nitrogen and oxygen atoms in total. The van der Waals surface area contributed by atoms with E-state index in [1.807, 2.05) is 25.1 Å². The quantitative estimate of drug-likeness (QED) is 0.886. The van der Waals surface area contributed by atoms with Crippen LogP contribution in [0.2, 0.25) is 0 Å². The number of methoxy groups -OCH3 is 1. The molecule has 0 saturated carbocycles. The van der Waals surface area contributed by atoms with Gasteiger partial charge in [0.05, 0.1) is 18.2 Å². The summed E-state index contributed by atoms with van der Waals surface area (Å²) in [6.45, 7) is 6.27. The lowest BCUT2D eigenvalue weighted by Gasteiger charge is -2.19. The van der Waals surface area contributed by atoms with Crippen LogP contribution in [0.4, 0.5) is 5.69 Å². The van der Waals surface area contributed by atoms with Gasteiger partial charge in [-0.3, -0.25) is 4.79 Å². The maximum absolute atomic E-state index is 12.4. The van der Waals surface area contributed by atoms with Gasteiger partial charge in [0.15, 0.2) is 0 Å². The molecule has 2 rings (SSSR count). The zero-order chi connectivity index (χ0) is 15.6. The van der Waals surface area contributed by atoms with Crippen molar-refractivity contribution in [2.75, 3.05) is 12.8 Å². The Morgan fingerprint density at radius 2 is 2.14 bits per heavy atom. The van der Waals surface area contributed by atoms with E-state index in [0.29, 0.717) is 22.2 Å². The molecular weight excluding hydrogens is 284 g/mol. The Morgan fingerprint density at radius 3 is 2.76 bits per heavy atom. The number of amides is 1. The predicted molar refractivity (Wildman–Crippen MR) is 89.2 cm³/mol. The van der Waals surface area contributed by atoms with Gasteiger partial charge in [0, 0.05) is 10.7 Å². The number of nitrogens with two attached hydrogens (primary N) is 1. The van der Waals surface area contributed by atoms with E-state index in [-0.39, 0.29) is 11.9 Å². The van der Waals surface area contributed by atoms with E-state index in [0.717, 1.165) is 16.5 Å². The van der Waals surface area contributed by atoms with E-state index >= 15 is 0 Å². The third-order valence-electron chi connectivity index (χ3n) is 4.00. The summed E-state index contributed by atoms with van der Waals surface area (Å²) in [7, 11) is 1.61. The monoisotopic (exact) mass is 306 g/mol. The smallest absolute Gasteiger partial charge is 0.263 e. The highest BCUT2D eigenvalue weighted by Gasteiger charge is 2.21. The lowest BCUT2D eigenvalue weighted by molar-refractivity contribution is 0.0933. The van der Waals surface area contributed by atoms with E-state index in [9.17, 15) is 4.79 Å². The Bertz CT molecular complexity index is 651. The Labute approximate surface area is 129 Å². The van der Waals surface area contributed by atoms with Crippen molar-refractivity contribution in [2.45, 2.75) is 33.2 Å². The van der Waals surface area contributed by atoms with Gasteiger partial charge >= 0.3 is 0 Å². The second-order valence-corrected chi connectivity index (χ2v) is 6.38. The molecule has 0 aliphatic rings. The topological polar surface area (TPSA) is 64.3 Å². The van der Waals surface area contributed by atoms with E-state index in [2.05, 4.69) is 19.2 Å². The molecule has 21 heavy (non-hydrogen) atoms. The number of hydrogen-bond donors (Lipinski definition) is 2. The van der Waals surface area contributed by atoms with Crippen LogP contribution in [-0.4, -0.2) is 19.1 Å². The van der Waals surface area contributed by atoms with Gasteiger partial charge in [-0.2, -0.15) is 0 Å². The lowest BCUT2D eigenvalue weighted by atomic mass is 10.0. The van der Waals surface area contributed by atoms with Crippen molar-refractivity contribution in [3.8, 4) is 5.75 Å². The highest BCUT2D eigenvalue weighted by atomic mass is 32.1. The number of carbonyl (C=O) groups is 1. The molecule has 114 valence electrons. The number of nitrogen functional groups attached to an aromatic ring is 1. The molecule has 1 amide bonds. The van der Waals surface area contributed by atoms with Gasteiger partial charge in [-0.05, 0) is 25.0 Å². The molecule has 3 N–H and O–H groups in total. The van der Waals surface area contributed by atoms with E-state index in [1.165, 1.54) is 11.3 Å². The van der Waals surface area contributed by atoms with Crippen LogP contribution in [-0.2, 0) is 0 Å². The molecule has 0 radical (unpaired) electrons. The van der Waals surface area contributed by atoms with Crippen molar-refractivity contribution in [3.63, 3.8) is 0 Å². The lowest BCUT2D eigenvalue weighted by Crippen LogP contribution is -2.36. The summed E-state index contributed by atoms with van der Waals surface area (Å²) in [5.41, 5.74) is 6.67. The molecule has 0 aliphatic heterocycles. The molecule has 5 heteroatoms. The average Bonchev–Trinajstić information content (AvgIpc) is 2.83.